The average Bonchev–Trinajstić information content (AvgIpc) is 2.41. The van der Waals surface area contributed by atoms with Crippen LogP contribution >= 0.6 is 11.6 Å². The Bertz CT molecular complexity index is 399. The maximum atomic E-state index is 12.4. The summed E-state index contributed by atoms with van der Waals surface area (Å²) in [5.41, 5.74) is -0.565. The molecule has 0 aliphatic rings. The summed E-state index contributed by atoms with van der Waals surface area (Å²) in [6.45, 7) is 0. The van der Waals surface area contributed by atoms with Crippen LogP contribution in [0.3, 0.4) is 0 Å². The fourth-order valence-electron chi connectivity index (χ4n) is 1.88. The Kier molecular flexibility index (Phi) is 8.00. The van der Waals surface area contributed by atoms with Crippen LogP contribution in [0.15, 0.2) is 36.4 Å². The van der Waals surface area contributed by atoms with Crippen LogP contribution in [0.2, 0.25) is 6.04 Å². The molecule has 0 nitrogen and oxygen atoms in total. The predicted molar refractivity (Wildman–Crippen MR) is 82.8 cm³/mol. The van der Waals surface area contributed by atoms with Gasteiger partial charge in [-0.25, -0.2) is 0 Å². The van der Waals surface area contributed by atoms with Gasteiger partial charge < -0.3 is 0 Å². The van der Waals surface area contributed by atoms with Crippen molar-refractivity contribution in [3.05, 3.63) is 42.0 Å². The molecule has 0 bridgehead atoms. The summed E-state index contributed by atoms with van der Waals surface area (Å²) in [5.74, 6) is 0.727. The van der Waals surface area contributed by atoms with Gasteiger partial charge in [0.2, 0.25) is 0 Å². The van der Waals surface area contributed by atoms with E-state index in [1.54, 1.807) is 12.1 Å². The summed E-state index contributed by atoms with van der Waals surface area (Å²) in [6.07, 6.45) is 4.54. The van der Waals surface area contributed by atoms with Crippen molar-refractivity contribution in [1.82, 2.24) is 0 Å². The van der Waals surface area contributed by atoms with Crippen LogP contribution in [-0.2, 0) is 6.18 Å². The molecule has 0 fully saturated rings. The van der Waals surface area contributed by atoms with Gasteiger partial charge in [0.25, 0.3) is 0 Å². The van der Waals surface area contributed by atoms with Crippen molar-refractivity contribution >= 4 is 26.3 Å². The molecule has 0 amide bonds. The van der Waals surface area contributed by atoms with Gasteiger partial charge in [-0.05, 0) is 25.3 Å². The minimum atomic E-state index is -4.23. The summed E-state index contributed by atoms with van der Waals surface area (Å²) in [7, 11) is -0.490. The van der Waals surface area contributed by atoms with Gasteiger partial charge in [-0.3, -0.25) is 0 Å². The third kappa shape index (κ3) is 7.15. The quantitative estimate of drug-likeness (QED) is 0.290. The molecule has 0 spiro atoms. The van der Waals surface area contributed by atoms with E-state index in [9.17, 15) is 13.2 Å². The number of rotatable bonds is 8. The maximum absolute atomic E-state index is 12.4. The van der Waals surface area contributed by atoms with Crippen molar-refractivity contribution in [3.8, 4) is 0 Å². The predicted octanol–water partition coefficient (Wildman–Crippen LogP) is 4.27. The Morgan fingerprint density at radius 3 is 2.30 bits per heavy atom. The SMILES string of the molecule is FC(F)(F)c1ccc([SiH2]CC=CCCCCCCl)cc1. The van der Waals surface area contributed by atoms with Gasteiger partial charge in [-0.2, -0.15) is 13.2 Å². The highest BCUT2D eigenvalue weighted by Crippen LogP contribution is 2.28. The lowest BCUT2D eigenvalue weighted by atomic mass is 10.2. The Labute approximate surface area is 125 Å². The standard InChI is InChI=1S/C15H20ClF3Si/c16-11-5-3-1-2-4-6-12-20-14-9-7-13(8-10-14)15(17,18)19/h4,6-10H,1-3,5,11-12,20H2. The molecular weight excluding hydrogens is 301 g/mol. The molecule has 0 saturated carbocycles. The first kappa shape index (κ1) is 17.3. The summed E-state index contributed by atoms with van der Waals surface area (Å²) in [5, 5.41) is 1.07. The molecule has 1 aromatic carbocycles. The van der Waals surface area contributed by atoms with Crippen LogP contribution in [0.5, 0.6) is 0 Å². The molecule has 0 unspecified atom stereocenters. The minimum Gasteiger partial charge on any atom is -0.166 e. The lowest BCUT2D eigenvalue weighted by molar-refractivity contribution is -0.137. The van der Waals surface area contributed by atoms with Crippen molar-refractivity contribution in [2.45, 2.75) is 37.9 Å². The Morgan fingerprint density at radius 2 is 1.70 bits per heavy atom. The lowest BCUT2D eigenvalue weighted by Crippen LogP contribution is -2.14. The van der Waals surface area contributed by atoms with Crippen molar-refractivity contribution in [2.24, 2.45) is 0 Å². The zero-order valence-electron chi connectivity index (χ0n) is 11.4. The van der Waals surface area contributed by atoms with Crippen molar-refractivity contribution in [1.29, 1.82) is 0 Å². The van der Waals surface area contributed by atoms with Crippen LogP contribution in [0.25, 0.3) is 0 Å². The molecule has 0 aromatic heterocycles. The molecule has 0 radical (unpaired) electrons. The Hall–Kier alpha value is -0.743. The van der Waals surface area contributed by atoms with E-state index in [0.717, 1.165) is 42.8 Å². The normalized spacial score (nSPS) is 12.8. The van der Waals surface area contributed by atoms with E-state index in [4.69, 9.17) is 11.6 Å². The molecule has 5 heteroatoms. The Balaban J connectivity index is 2.24. The largest absolute Gasteiger partial charge is 0.416 e. The van der Waals surface area contributed by atoms with E-state index >= 15 is 0 Å². The zero-order chi connectivity index (χ0) is 14.8. The topological polar surface area (TPSA) is 0 Å². The van der Waals surface area contributed by atoms with Crippen molar-refractivity contribution < 1.29 is 13.2 Å². The van der Waals surface area contributed by atoms with Crippen LogP contribution in [0, 0.1) is 0 Å². The highest BCUT2D eigenvalue weighted by Gasteiger charge is 2.29. The van der Waals surface area contributed by atoms with Crippen molar-refractivity contribution in [3.63, 3.8) is 0 Å². The van der Waals surface area contributed by atoms with Crippen LogP contribution in [0.4, 0.5) is 13.2 Å². The van der Waals surface area contributed by atoms with Crippen molar-refractivity contribution in [2.75, 3.05) is 5.88 Å². The van der Waals surface area contributed by atoms with Gasteiger partial charge in [0.15, 0.2) is 0 Å². The number of halogens is 4. The third-order valence-electron chi connectivity index (χ3n) is 3.05. The number of allylic oxidation sites excluding steroid dienone is 2. The van der Waals surface area contributed by atoms with Gasteiger partial charge in [0.1, 0.15) is 0 Å². The van der Waals surface area contributed by atoms with E-state index in [1.165, 1.54) is 12.1 Å². The van der Waals surface area contributed by atoms with E-state index in [1.807, 2.05) is 0 Å². The van der Waals surface area contributed by atoms with Gasteiger partial charge in [0.05, 0.1) is 15.1 Å². The first-order chi connectivity index (χ1) is 9.54. The number of unbranched alkanes of at least 4 members (excludes halogenated alkanes) is 3. The van der Waals surface area contributed by atoms with Gasteiger partial charge >= 0.3 is 6.18 Å². The molecular formula is C15H20ClF3Si. The Morgan fingerprint density at radius 1 is 1.00 bits per heavy atom. The minimum absolute atomic E-state index is 0.490. The molecule has 0 saturated heterocycles. The van der Waals surface area contributed by atoms with E-state index in [2.05, 4.69) is 12.2 Å². The number of alkyl halides is 4. The fraction of sp³-hybridized carbons (Fsp3) is 0.467. The van der Waals surface area contributed by atoms with Gasteiger partial charge in [-0.15, -0.1) is 11.6 Å². The third-order valence-corrected chi connectivity index (χ3v) is 4.99. The van der Waals surface area contributed by atoms with Crippen LogP contribution < -0.4 is 5.19 Å². The fourth-order valence-corrected chi connectivity index (χ4v) is 3.37. The summed E-state index contributed by atoms with van der Waals surface area (Å²) < 4.78 is 37.2. The van der Waals surface area contributed by atoms with E-state index in [0.29, 0.717) is 0 Å². The summed E-state index contributed by atoms with van der Waals surface area (Å²) in [4.78, 5) is 0. The molecule has 0 heterocycles. The molecule has 0 atom stereocenters. The first-order valence-corrected chi connectivity index (χ1v) is 9.15. The zero-order valence-corrected chi connectivity index (χ0v) is 13.6. The van der Waals surface area contributed by atoms with E-state index in [-0.39, 0.29) is 0 Å². The van der Waals surface area contributed by atoms with Crippen LogP contribution in [-0.4, -0.2) is 15.4 Å². The smallest absolute Gasteiger partial charge is 0.166 e. The first-order valence-electron chi connectivity index (χ1n) is 6.91. The second kappa shape index (κ2) is 9.24. The average molecular weight is 321 g/mol. The number of benzene rings is 1. The van der Waals surface area contributed by atoms with Gasteiger partial charge in [0, 0.05) is 5.88 Å². The molecule has 0 aliphatic carbocycles. The summed E-state index contributed by atoms with van der Waals surface area (Å²) in [6, 6.07) is 6.59. The van der Waals surface area contributed by atoms with E-state index < -0.39 is 21.3 Å². The summed E-state index contributed by atoms with van der Waals surface area (Å²) >= 11 is 5.59. The molecule has 1 aromatic rings. The second-order valence-electron chi connectivity index (χ2n) is 4.74. The highest BCUT2D eigenvalue weighted by molar-refractivity contribution is 6.53. The molecule has 112 valence electrons. The number of hydrogen-bond donors (Lipinski definition) is 0. The number of hydrogen-bond acceptors (Lipinski definition) is 0. The monoisotopic (exact) mass is 320 g/mol. The van der Waals surface area contributed by atoms with Gasteiger partial charge in [-0.1, -0.05) is 48.0 Å². The molecule has 0 aliphatic heterocycles. The lowest BCUT2D eigenvalue weighted by Gasteiger charge is -2.06. The molecule has 0 N–H and O–H groups in total. The highest BCUT2D eigenvalue weighted by atomic mass is 35.5. The van der Waals surface area contributed by atoms with Crippen LogP contribution in [0.1, 0.15) is 31.2 Å². The second-order valence-corrected chi connectivity index (χ2v) is 7.01. The molecule has 1 rings (SSSR count). The maximum Gasteiger partial charge on any atom is 0.416 e. The molecule has 20 heavy (non-hydrogen) atoms.